The quantitative estimate of drug-likeness (QED) is 0.234. The van der Waals surface area contributed by atoms with Crippen LogP contribution in [0, 0.1) is 0 Å². The summed E-state index contributed by atoms with van der Waals surface area (Å²) in [5, 5.41) is 0. The summed E-state index contributed by atoms with van der Waals surface area (Å²) in [5.74, 6) is 0. The van der Waals surface area contributed by atoms with Crippen LogP contribution in [-0.2, 0) is 31.1 Å². The monoisotopic (exact) mass is 456 g/mol. The van der Waals surface area contributed by atoms with Crippen molar-refractivity contribution in [2.24, 2.45) is 0 Å². The smallest absolute Gasteiger partial charge is 0.0651 e. The lowest BCUT2D eigenvalue weighted by Crippen LogP contribution is -2.28. The highest BCUT2D eigenvalue weighted by Crippen LogP contribution is 2.64. The molecule has 0 amide bonds. The summed E-state index contributed by atoms with van der Waals surface area (Å²) in [6, 6.07) is 27.8. The molecule has 0 bridgehead atoms. The van der Waals surface area contributed by atoms with Gasteiger partial charge in [0, 0.05) is 0 Å². The second kappa shape index (κ2) is 8.52. The van der Waals surface area contributed by atoms with Crippen LogP contribution < -0.4 is 0 Å². The Bertz CT molecular complexity index is 1390. The van der Waals surface area contributed by atoms with Gasteiger partial charge in [0.05, 0.1) is 5.41 Å². The second-order valence-electron chi connectivity index (χ2n) is 10.3. The van der Waals surface area contributed by atoms with Crippen LogP contribution in [0.4, 0.5) is 0 Å². The molecule has 1 spiro atoms. The minimum atomic E-state index is -0.220. The van der Waals surface area contributed by atoms with Gasteiger partial charge in [0.2, 0.25) is 0 Å². The fourth-order valence-corrected chi connectivity index (χ4v) is 7.54. The van der Waals surface area contributed by atoms with E-state index in [2.05, 4.69) is 100 Å². The summed E-state index contributed by atoms with van der Waals surface area (Å²) in [6.45, 7) is 9.44. The van der Waals surface area contributed by atoms with E-state index in [4.69, 9.17) is 0 Å². The minimum absolute atomic E-state index is 0.220. The maximum absolute atomic E-state index is 2.43. The first-order chi connectivity index (χ1) is 17.2. The van der Waals surface area contributed by atoms with Crippen molar-refractivity contribution in [1.29, 1.82) is 0 Å². The Hall–Kier alpha value is -3.12. The molecule has 0 nitrogen and oxygen atoms in total. The third-order valence-corrected chi connectivity index (χ3v) is 8.58. The van der Waals surface area contributed by atoms with Crippen molar-refractivity contribution < 1.29 is 0 Å². The average molecular weight is 457 g/mol. The van der Waals surface area contributed by atoms with E-state index in [1.807, 2.05) is 0 Å². The molecule has 4 aromatic carbocycles. The molecule has 6 rings (SSSR count). The van der Waals surface area contributed by atoms with E-state index in [0.29, 0.717) is 0 Å². The maximum atomic E-state index is 2.43. The molecule has 0 saturated heterocycles. The highest BCUT2D eigenvalue weighted by Gasteiger charge is 2.53. The van der Waals surface area contributed by atoms with Gasteiger partial charge in [0.1, 0.15) is 0 Å². The predicted molar refractivity (Wildman–Crippen MR) is 149 cm³/mol. The van der Waals surface area contributed by atoms with Gasteiger partial charge in [-0.05, 0) is 92.4 Å². The summed E-state index contributed by atoms with van der Waals surface area (Å²) in [7, 11) is 0. The normalized spacial score (nSPS) is 14.1. The van der Waals surface area contributed by atoms with Gasteiger partial charge in [-0.1, -0.05) is 113 Å². The molecule has 35 heavy (non-hydrogen) atoms. The first-order valence-corrected chi connectivity index (χ1v) is 13.7. The van der Waals surface area contributed by atoms with Gasteiger partial charge in [0.25, 0.3) is 0 Å². The van der Waals surface area contributed by atoms with E-state index in [0.717, 1.165) is 25.7 Å². The Kier molecular flexibility index (Phi) is 5.44. The molecule has 0 fully saturated rings. The van der Waals surface area contributed by atoms with Crippen molar-refractivity contribution in [3.8, 4) is 22.3 Å². The van der Waals surface area contributed by atoms with Crippen LogP contribution in [-0.4, -0.2) is 0 Å². The fourth-order valence-electron chi connectivity index (χ4n) is 7.54. The summed E-state index contributed by atoms with van der Waals surface area (Å²) < 4.78 is 0. The standard InChI is InChI=1S/C35H36/c1-5-15-27-23(7-3)24(8-4)28(16-6-2)34-33(27)29-19-11-14-22-32(29)35(34)30-20-12-9-17-25(30)26-18-10-13-21-31(26)35/h9-14,17-22H,5-8,15-16H2,1-4H3. The van der Waals surface area contributed by atoms with Crippen molar-refractivity contribution in [2.45, 2.75) is 71.6 Å². The van der Waals surface area contributed by atoms with Gasteiger partial charge in [-0.2, -0.15) is 0 Å². The zero-order chi connectivity index (χ0) is 24.2. The Morgan fingerprint density at radius 1 is 0.486 bits per heavy atom. The highest BCUT2D eigenvalue weighted by atomic mass is 14.5. The van der Waals surface area contributed by atoms with E-state index >= 15 is 0 Å². The van der Waals surface area contributed by atoms with Crippen LogP contribution in [0.25, 0.3) is 22.3 Å². The molecule has 4 aromatic rings. The molecule has 2 aliphatic carbocycles. The molecule has 0 heteroatoms. The van der Waals surface area contributed by atoms with E-state index in [9.17, 15) is 0 Å². The van der Waals surface area contributed by atoms with Crippen LogP contribution in [0.3, 0.4) is 0 Å². The molecule has 176 valence electrons. The molecule has 0 radical (unpaired) electrons. The summed E-state index contributed by atoms with van der Waals surface area (Å²) in [5.41, 5.74) is 18.2. The predicted octanol–water partition coefficient (Wildman–Crippen LogP) is 9.06. The molecule has 0 unspecified atom stereocenters. The van der Waals surface area contributed by atoms with Gasteiger partial charge >= 0.3 is 0 Å². The van der Waals surface area contributed by atoms with Gasteiger partial charge in [-0.15, -0.1) is 0 Å². The van der Waals surface area contributed by atoms with Crippen LogP contribution in [0.2, 0.25) is 0 Å². The minimum Gasteiger partial charge on any atom is -0.0651 e. The molecule has 2 aliphatic rings. The zero-order valence-electron chi connectivity index (χ0n) is 21.7. The average Bonchev–Trinajstić information content (AvgIpc) is 3.37. The lowest BCUT2D eigenvalue weighted by molar-refractivity contribution is 0.754. The summed E-state index contributed by atoms with van der Waals surface area (Å²) in [4.78, 5) is 0. The molecular weight excluding hydrogens is 420 g/mol. The Balaban J connectivity index is 1.89. The first kappa shape index (κ1) is 22.4. The maximum Gasteiger partial charge on any atom is 0.0728 e. The van der Waals surface area contributed by atoms with Gasteiger partial charge < -0.3 is 0 Å². The topological polar surface area (TPSA) is 0 Å². The second-order valence-corrected chi connectivity index (χ2v) is 10.3. The van der Waals surface area contributed by atoms with Crippen molar-refractivity contribution in [2.75, 3.05) is 0 Å². The molecular formula is C35H36. The lowest BCUT2D eigenvalue weighted by Gasteiger charge is -2.34. The molecule has 0 aromatic heterocycles. The molecule has 0 N–H and O–H groups in total. The molecule has 0 saturated carbocycles. The van der Waals surface area contributed by atoms with Crippen LogP contribution in [0.5, 0.6) is 0 Å². The zero-order valence-corrected chi connectivity index (χ0v) is 21.7. The number of hydrogen-bond acceptors (Lipinski definition) is 0. The molecule has 0 atom stereocenters. The van der Waals surface area contributed by atoms with Crippen LogP contribution in [0.1, 0.15) is 85.0 Å². The highest BCUT2D eigenvalue weighted by molar-refractivity contribution is 5.97. The van der Waals surface area contributed by atoms with Crippen LogP contribution in [0.15, 0.2) is 72.8 Å². The van der Waals surface area contributed by atoms with Crippen molar-refractivity contribution in [3.63, 3.8) is 0 Å². The van der Waals surface area contributed by atoms with Crippen molar-refractivity contribution in [1.82, 2.24) is 0 Å². The number of rotatable bonds is 6. The van der Waals surface area contributed by atoms with Gasteiger partial charge in [0.15, 0.2) is 0 Å². The van der Waals surface area contributed by atoms with Gasteiger partial charge in [-0.3, -0.25) is 0 Å². The van der Waals surface area contributed by atoms with Gasteiger partial charge in [-0.25, -0.2) is 0 Å². The third-order valence-electron chi connectivity index (χ3n) is 8.58. The largest absolute Gasteiger partial charge is 0.0728 e. The third kappa shape index (κ3) is 2.80. The van der Waals surface area contributed by atoms with Crippen LogP contribution >= 0.6 is 0 Å². The Labute approximate surface area is 211 Å². The summed E-state index contributed by atoms with van der Waals surface area (Å²) in [6.07, 6.45) is 6.87. The number of benzene rings is 4. The Morgan fingerprint density at radius 3 is 1.43 bits per heavy atom. The van der Waals surface area contributed by atoms with Crippen molar-refractivity contribution in [3.05, 3.63) is 117 Å². The molecule has 0 heterocycles. The van der Waals surface area contributed by atoms with E-state index in [1.165, 1.54) is 46.2 Å². The lowest BCUT2D eigenvalue weighted by atomic mass is 9.67. The summed E-state index contributed by atoms with van der Waals surface area (Å²) >= 11 is 0. The van der Waals surface area contributed by atoms with E-state index in [-0.39, 0.29) is 5.41 Å². The Morgan fingerprint density at radius 2 is 0.914 bits per heavy atom. The number of fused-ring (bicyclic) bond motifs is 10. The van der Waals surface area contributed by atoms with Crippen molar-refractivity contribution >= 4 is 0 Å². The molecule has 0 aliphatic heterocycles. The first-order valence-electron chi connectivity index (χ1n) is 13.7. The van der Waals surface area contributed by atoms with E-state index in [1.54, 1.807) is 33.4 Å². The number of hydrogen-bond donors (Lipinski definition) is 0. The fraction of sp³-hybridized carbons (Fsp3) is 0.314. The SMILES string of the molecule is CCCc1c(CC)c(CC)c(CCC)c2c1-c1ccccc1C21c2ccccc2-c2ccccc21. The van der Waals surface area contributed by atoms with E-state index < -0.39 is 0 Å².